The summed E-state index contributed by atoms with van der Waals surface area (Å²) in [6.07, 6.45) is 2.02. The van der Waals surface area contributed by atoms with Crippen molar-refractivity contribution < 1.29 is 4.79 Å². The summed E-state index contributed by atoms with van der Waals surface area (Å²) in [6.45, 7) is 3.05. The standard InChI is InChI=1S/C19H21N5O/c1-2-3-10-22-18(25)12-24-16-7-5-4-6-14(16)15-11-13(19(20)23-21)8-9-17(15)24/h4-9,11,20-21H,2-3,10,12H2,1H3,(H,22,25). The van der Waals surface area contributed by atoms with Crippen molar-refractivity contribution in [3.05, 3.63) is 48.0 Å². The smallest absolute Gasteiger partial charge is 0.239 e. The molecule has 25 heavy (non-hydrogen) atoms. The van der Waals surface area contributed by atoms with Gasteiger partial charge in [0.1, 0.15) is 6.54 Å². The molecule has 0 saturated heterocycles. The second kappa shape index (κ2) is 7.25. The Balaban J connectivity index is 2.06. The molecule has 0 radical (unpaired) electrons. The monoisotopic (exact) mass is 335 g/mol. The summed E-state index contributed by atoms with van der Waals surface area (Å²) in [5, 5.41) is 15.9. The van der Waals surface area contributed by atoms with Gasteiger partial charge in [0.05, 0.1) is 0 Å². The highest BCUT2D eigenvalue weighted by Gasteiger charge is 2.14. The number of hydrogen-bond donors (Lipinski definition) is 3. The molecule has 6 nitrogen and oxygen atoms in total. The molecule has 6 heteroatoms. The zero-order chi connectivity index (χ0) is 17.8. The van der Waals surface area contributed by atoms with E-state index in [1.807, 2.05) is 41.0 Å². The van der Waals surface area contributed by atoms with Crippen molar-refractivity contribution in [2.45, 2.75) is 26.3 Å². The summed E-state index contributed by atoms with van der Waals surface area (Å²) >= 11 is 0. The van der Waals surface area contributed by atoms with Crippen molar-refractivity contribution in [1.29, 1.82) is 10.9 Å². The third-order valence-electron chi connectivity index (χ3n) is 4.31. The predicted octanol–water partition coefficient (Wildman–Crippen LogP) is 4.07. The minimum absolute atomic E-state index is 0.00548. The number of benzene rings is 2. The Morgan fingerprint density at radius 3 is 2.68 bits per heavy atom. The van der Waals surface area contributed by atoms with Crippen LogP contribution in [0.1, 0.15) is 25.3 Å². The molecule has 3 rings (SSSR count). The molecule has 3 N–H and O–H groups in total. The summed E-state index contributed by atoms with van der Waals surface area (Å²) in [7, 11) is 0. The number of amidine groups is 1. The average molecular weight is 335 g/mol. The van der Waals surface area contributed by atoms with Crippen LogP contribution in [0.25, 0.3) is 21.8 Å². The molecule has 0 aliphatic rings. The van der Waals surface area contributed by atoms with E-state index in [0.717, 1.165) is 34.6 Å². The van der Waals surface area contributed by atoms with Crippen molar-refractivity contribution in [1.82, 2.24) is 9.88 Å². The van der Waals surface area contributed by atoms with Gasteiger partial charge in [-0.3, -0.25) is 10.2 Å². The number of carbonyl (C=O) groups excluding carboxylic acids is 1. The van der Waals surface area contributed by atoms with E-state index in [0.29, 0.717) is 12.1 Å². The first-order valence-corrected chi connectivity index (χ1v) is 8.39. The molecule has 0 saturated carbocycles. The summed E-state index contributed by atoms with van der Waals surface area (Å²) in [5.74, 6) is -0.0786. The van der Waals surface area contributed by atoms with Gasteiger partial charge >= 0.3 is 0 Å². The van der Waals surface area contributed by atoms with Gasteiger partial charge in [0, 0.05) is 33.9 Å². The quantitative estimate of drug-likeness (QED) is 0.269. The third kappa shape index (κ3) is 3.28. The number of amides is 1. The molecule has 0 aliphatic heterocycles. The normalized spacial score (nSPS) is 10.9. The van der Waals surface area contributed by atoms with Gasteiger partial charge in [-0.2, -0.15) is 0 Å². The van der Waals surface area contributed by atoms with Gasteiger partial charge < -0.3 is 9.88 Å². The highest BCUT2D eigenvalue weighted by Crippen LogP contribution is 2.29. The maximum Gasteiger partial charge on any atom is 0.239 e. The van der Waals surface area contributed by atoms with Crippen LogP contribution in [0, 0.1) is 10.9 Å². The minimum Gasteiger partial charge on any atom is -0.355 e. The number of carbonyl (C=O) groups is 1. The molecular weight excluding hydrogens is 314 g/mol. The Kier molecular flexibility index (Phi) is 4.88. The average Bonchev–Trinajstić information content (AvgIpc) is 2.95. The van der Waals surface area contributed by atoms with Crippen LogP contribution in [0.5, 0.6) is 0 Å². The molecule has 0 fully saturated rings. The summed E-state index contributed by atoms with van der Waals surface area (Å²) in [6, 6.07) is 13.4. The van der Waals surface area contributed by atoms with Crippen molar-refractivity contribution in [2.24, 2.45) is 5.11 Å². The second-order valence-electron chi connectivity index (χ2n) is 6.00. The Morgan fingerprint density at radius 2 is 1.92 bits per heavy atom. The molecule has 0 spiro atoms. The van der Waals surface area contributed by atoms with Gasteiger partial charge in [-0.25, -0.2) is 5.53 Å². The molecule has 1 aromatic heterocycles. The molecule has 0 atom stereocenters. The van der Waals surface area contributed by atoms with Crippen LogP contribution in [0.3, 0.4) is 0 Å². The predicted molar refractivity (Wildman–Crippen MR) is 99.3 cm³/mol. The van der Waals surface area contributed by atoms with Gasteiger partial charge in [0.25, 0.3) is 0 Å². The number of nitrogens with one attached hydrogen (secondary N) is 3. The van der Waals surface area contributed by atoms with Gasteiger partial charge in [0.15, 0.2) is 5.84 Å². The molecule has 128 valence electrons. The summed E-state index contributed by atoms with van der Waals surface area (Å²) < 4.78 is 2.00. The third-order valence-corrected chi connectivity index (χ3v) is 4.31. The van der Waals surface area contributed by atoms with Crippen LogP contribution in [-0.4, -0.2) is 22.9 Å². The molecule has 3 aromatic rings. The van der Waals surface area contributed by atoms with E-state index in [4.69, 9.17) is 10.9 Å². The lowest BCUT2D eigenvalue weighted by Gasteiger charge is -2.08. The fraction of sp³-hybridized carbons (Fsp3) is 0.263. The van der Waals surface area contributed by atoms with E-state index in [1.54, 1.807) is 6.07 Å². The van der Waals surface area contributed by atoms with Crippen LogP contribution in [0.4, 0.5) is 0 Å². The number of para-hydroxylation sites is 1. The fourth-order valence-electron chi connectivity index (χ4n) is 3.04. The minimum atomic E-state index is -0.0731. The maximum atomic E-state index is 12.3. The van der Waals surface area contributed by atoms with Crippen LogP contribution in [0.2, 0.25) is 0 Å². The lowest BCUT2D eigenvalue weighted by atomic mass is 10.1. The van der Waals surface area contributed by atoms with Crippen LogP contribution >= 0.6 is 0 Å². The highest BCUT2D eigenvalue weighted by atomic mass is 16.1. The molecule has 0 aliphatic carbocycles. The SMILES string of the molecule is CCCCNC(=O)Cn1c2ccccc2c2cc(C(=N)N=N)ccc21. The van der Waals surface area contributed by atoms with Crippen LogP contribution in [-0.2, 0) is 11.3 Å². The number of nitrogens with zero attached hydrogens (tertiary/aromatic N) is 2. The molecule has 0 unspecified atom stereocenters. The number of aromatic nitrogens is 1. The Morgan fingerprint density at radius 1 is 1.16 bits per heavy atom. The number of hydrogen-bond acceptors (Lipinski definition) is 3. The largest absolute Gasteiger partial charge is 0.355 e. The van der Waals surface area contributed by atoms with Gasteiger partial charge in [-0.1, -0.05) is 31.5 Å². The van der Waals surface area contributed by atoms with Crippen molar-refractivity contribution in [3.63, 3.8) is 0 Å². The van der Waals surface area contributed by atoms with E-state index in [-0.39, 0.29) is 18.3 Å². The number of rotatable bonds is 6. The maximum absolute atomic E-state index is 12.3. The molecule has 0 bridgehead atoms. The van der Waals surface area contributed by atoms with Crippen molar-refractivity contribution in [2.75, 3.05) is 6.54 Å². The lowest BCUT2D eigenvalue weighted by molar-refractivity contribution is -0.121. The topological polar surface area (TPSA) is 94.1 Å². The van der Waals surface area contributed by atoms with Gasteiger partial charge in [-0.05, 0) is 30.7 Å². The Hall–Kier alpha value is -3.02. The van der Waals surface area contributed by atoms with Crippen LogP contribution < -0.4 is 5.32 Å². The number of unbranched alkanes of at least 4 members (excludes halogenated alkanes) is 1. The molecule has 2 aromatic carbocycles. The van der Waals surface area contributed by atoms with Crippen LogP contribution in [0.15, 0.2) is 47.6 Å². The highest BCUT2D eigenvalue weighted by molar-refractivity contribution is 6.11. The van der Waals surface area contributed by atoms with Gasteiger partial charge in [-0.15, -0.1) is 5.11 Å². The first-order valence-electron chi connectivity index (χ1n) is 8.39. The van der Waals surface area contributed by atoms with Crippen molar-refractivity contribution in [3.8, 4) is 0 Å². The Bertz CT molecular complexity index is 957. The van der Waals surface area contributed by atoms with E-state index >= 15 is 0 Å². The van der Waals surface area contributed by atoms with E-state index in [9.17, 15) is 4.79 Å². The second-order valence-corrected chi connectivity index (χ2v) is 6.00. The summed E-state index contributed by atoms with van der Waals surface area (Å²) in [5.41, 5.74) is 9.55. The van der Waals surface area contributed by atoms with E-state index in [2.05, 4.69) is 17.4 Å². The summed E-state index contributed by atoms with van der Waals surface area (Å²) in [4.78, 5) is 12.3. The Labute approximate surface area is 145 Å². The van der Waals surface area contributed by atoms with Crippen molar-refractivity contribution >= 4 is 33.5 Å². The fourth-order valence-corrected chi connectivity index (χ4v) is 3.04. The molecule has 1 amide bonds. The molecular formula is C19H21N5O. The van der Waals surface area contributed by atoms with Gasteiger partial charge in [0.2, 0.25) is 5.91 Å². The number of fused-ring (bicyclic) bond motifs is 3. The first kappa shape index (κ1) is 16.8. The first-order chi connectivity index (χ1) is 12.2. The zero-order valence-corrected chi connectivity index (χ0v) is 14.2. The zero-order valence-electron chi connectivity index (χ0n) is 14.2. The van der Waals surface area contributed by atoms with E-state index in [1.165, 1.54) is 0 Å². The molecule has 1 heterocycles. The lowest BCUT2D eigenvalue weighted by Crippen LogP contribution is -2.28. The van der Waals surface area contributed by atoms with E-state index < -0.39 is 0 Å².